The first-order chi connectivity index (χ1) is 11.2. The van der Waals surface area contributed by atoms with Crippen LogP contribution in [0.3, 0.4) is 0 Å². The third-order valence-electron chi connectivity index (χ3n) is 3.60. The van der Waals surface area contributed by atoms with Crippen molar-refractivity contribution in [1.82, 2.24) is 0 Å². The molecule has 0 saturated carbocycles. The van der Waals surface area contributed by atoms with Crippen molar-refractivity contribution in [3.05, 3.63) is 59.2 Å². The number of methoxy groups -OCH3 is 1. The number of rotatable bonds is 5. The SMILES string of the molecule is COC(=O)c1ccc(S(=O)(=O)Oc2cccc(C(C)C)c2)c(C)c1. The minimum absolute atomic E-state index is 0.0186. The van der Waals surface area contributed by atoms with Crippen LogP contribution in [0.1, 0.15) is 41.3 Å². The van der Waals surface area contributed by atoms with Gasteiger partial charge in [-0.2, -0.15) is 8.42 Å². The zero-order chi connectivity index (χ0) is 17.9. The summed E-state index contributed by atoms with van der Waals surface area (Å²) in [4.78, 5) is 11.5. The van der Waals surface area contributed by atoms with E-state index in [4.69, 9.17) is 4.18 Å². The average molecular weight is 348 g/mol. The van der Waals surface area contributed by atoms with E-state index in [-0.39, 0.29) is 22.1 Å². The van der Waals surface area contributed by atoms with Gasteiger partial charge in [0.25, 0.3) is 0 Å². The second kappa shape index (κ2) is 7.05. The van der Waals surface area contributed by atoms with Gasteiger partial charge in [0, 0.05) is 0 Å². The molecule has 2 aromatic carbocycles. The molecule has 0 aliphatic heterocycles. The number of esters is 1. The summed E-state index contributed by atoms with van der Waals surface area (Å²) in [6.07, 6.45) is 0. The highest BCUT2D eigenvalue weighted by Crippen LogP contribution is 2.25. The molecule has 2 rings (SSSR count). The molecule has 0 spiro atoms. The van der Waals surface area contributed by atoms with E-state index in [1.165, 1.54) is 25.3 Å². The van der Waals surface area contributed by atoms with E-state index in [0.717, 1.165) is 5.56 Å². The molecule has 0 heterocycles. The molecule has 0 N–H and O–H groups in total. The van der Waals surface area contributed by atoms with E-state index in [1.807, 2.05) is 19.9 Å². The lowest BCUT2D eigenvalue weighted by molar-refractivity contribution is 0.0600. The van der Waals surface area contributed by atoms with Crippen LogP contribution in [0.25, 0.3) is 0 Å². The van der Waals surface area contributed by atoms with Crippen LogP contribution in [0.15, 0.2) is 47.4 Å². The van der Waals surface area contributed by atoms with Crippen molar-refractivity contribution in [2.45, 2.75) is 31.6 Å². The number of benzene rings is 2. The van der Waals surface area contributed by atoms with Gasteiger partial charge in [-0.1, -0.05) is 26.0 Å². The minimum atomic E-state index is -3.99. The predicted molar refractivity (Wildman–Crippen MR) is 90.9 cm³/mol. The van der Waals surface area contributed by atoms with Gasteiger partial charge >= 0.3 is 16.1 Å². The highest BCUT2D eigenvalue weighted by atomic mass is 32.2. The molecule has 0 unspecified atom stereocenters. The molecule has 0 radical (unpaired) electrons. The number of aryl methyl sites for hydroxylation is 1. The van der Waals surface area contributed by atoms with E-state index in [9.17, 15) is 13.2 Å². The van der Waals surface area contributed by atoms with Crippen LogP contribution >= 0.6 is 0 Å². The lowest BCUT2D eigenvalue weighted by Gasteiger charge is -2.12. The number of ether oxygens (including phenoxy) is 1. The summed E-state index contributed by atoms with van der Waals surface area (Å²) >= 11 is 0. The summed E-state index contributed by atoms with van der Waals surface area (Å²) in [6, 6.07) is 11.2. The van der Waals surface area contributed by atoms with E-state index in [2.05, 4.69) is 4.74 Å². The summed E-state index contributed by atoms with van der Waals surface area (Å²) in [5.41, 5.74) is 1.69. The average Bonchev–Trinajstić information content (AvgIpc) is 2.53. The van der Waals surface area contributed by atoms with Crippen LogP contribution in [-0.2, 0) is 14.9 Å². The fourth-order valence-electron chi connectivity index (χ4n) is 2.27. The molecule has 128 valence electrons. The summed E-state index contributed by atoms with van der Waals surface area (Å²) in [7, 11) is -2.72. The molecule has 0 aliphatic rings. The summed E-state index contributed by atoms with van der Waals surface area (Å²) in [5, 5.41) is 0. The highest BCUT2D eigenvalue weighted by molar-refractivity contribution is 7.87. The molecule has 0 aromatic heterocycles. The molecular formula is C18H20O5S. The lowest BCUT2D eigenvalue weighted by atomic mass is 10.0. The maximum absolute atomic E-state index is 12.5. The minimum Gasteiger partial charge on any atom is -0.465 e. The molecule has 0 atom stereocenters. The Morgan fingerprint density at radius 2 is 1.79 bits per heavy atom. The van der Waals surface area contributed by atoms with E-state index < -0.39 is 16.1 Å². The Balaban J connectivity index is 2.34. The molecule has 6 heteroatoms. The van der Waals surface area contributed by atoms with Crippen molar-refractivity contribution in [2.24, 2.45) is 0 Å². The van der Waals surface area contributed by atoms with Gasteiger partial charge in [-0.25, -0.2) is 4.79 Å². The second-order valence-electron chi connectivity index (χ2n) is 5.74. The monoisotopic (exact) mass is 348 g/mol. The predicted octanol–water partition coefficient (Wildman–Crippen LogP) is 3.67. The Hall–Kier alpha value is -2.34. The fraction of sp³-hybridized carbons (Fsp3) is 0.278. The fourth-order valence-corrected chi connectivity index (χ4v) is 3.41. The van der Waals surface area contributed by atoms with Gasteiger partial charge in [0.2, 0.25) is 0 Å². The van der Waals surface area contributed by atoms with Gasteiger partial charge in [0.1, 0.15) is 10.6 Å². The Morgan fingerprint density at radius 3 is 2.38 bits per heavy atom. The summed E-state index contributed by atoms with van der Waals surface area (Å²) < 4.78 is 34.9. The zero-order valence-electron chi connectivity index (χ0n) is 14.1. The molecule has 0 saturated heterocycles. The van der Waals surface area contributed by atoms with Crippen LogP contribution in [0.4, 0.5) is 0 Å². The van der Waals surface area contributed by atoms with Crippen molar-refractivity contribution in [2.75, 3.05) is 7.11 Å². The Labute approximate surface area is 142 Å². The molecule has 24 heavy (non-hydrogen) atoms. The number of hydrogen-bond acceptors (Lipinski definition) is 5. The first-order valence-corrected chi connectivity index (χ1v) is 8.89. The number of carbonyl (C=O) groups is 1. The molecule has 0 bridgehead atoms. The molecule has 0 amide bonds. The van der Waals surface area contributed by atoms with Crippen LogP contribution in [-0.4, -0.2) is 21.5 Å². The molecule has 0 aliphatic carbocycles. The number of carbonyl (C=O) groups excluding carboxylic acids is 1. The first-order valence-electron chi connectivity index (χ1n) is 7.48. The Bertz CT molecular complexity index is 853. The van der Waals surface area contributed by atoms with Gasteiger partial charge in [0.05, 0.1) is 12.7 Å². The second-order valence-corrected chi connectivity index (χ2v) is 7.25. The first kappa shape index (κ1) is 18.0. The Kier molecular flexibility index (Phi) is 5.29. The third kappa shape index (κ3) is 3.94. The maximum atomic E-state index is 12.5. The van der Waals surface area contributed by atoms with Crippen LogP contribution in [0.2, 0.25) is 0 Å². The normalized spacial score (nSPS) is 11.4. The van der Waals surface area contributed by atoms with Gasteiger partial charge in [-0.05, 0) is 54.3 Å². The lowest BCUT2D eigenvalue weighted by Crippen LogP contribution is -2.12. The quantitative estimate of drug-likeness (QED) is 0.609. The topological polar surface area (TPSA) is 69.7 Å². The van der Waals surface area contributed by atoms with E-state index in [1.54, 1.807) is 25.1 Å². The van der Waals surface area contributed by atoms with Crippen molar-refractivity contribution in [1.29, 1.82) is 0 Å². The molecule has 5 nitrogen and oxygen atoms in total. The molecule has 2 aromatic rings. The largest absolute Gasteiger partial charge is 0.465 e. The summed E-state index contributed by atoms with van der Waals surface area (Å²) in [6.45, 7) is 5.64. The molecular weight excluding hydrogens is 328 g/mol. The van der Waals surface area contributed by atoms with Crippen LogP contribution in [0, 0.1) is 6.92 Å². The highest BCUT2D eigenvalue weighted by Gasteiger charge is 2.21. The maximum Gasteiger partial charge on any atom is 0.339 e. The summed E-state index contributed by atoms with van der Waals surface area (Å²) in [5.74, 6) is 0.00238. The van der Waals surface area contributed by atoms with Gasteiger partial charge in [-0.3, -0.25) is 0 Å². The van der Waals surface area contributed by atoms with Crippen molar-refractivity contribution >= 4 is 16.1 Å². The van der Waals surface area contributed by atoms with E-state index in [0.29, 0.717) is 5.56 Å². The van der Waals surface area contributed by atoms with Crippen molar-refractivity contribution < 1.29 is 22.1 Å². The Morgan fingerprint density at radius 1 is 1.08 bits per heavy atom. The van der Waals surface area contributed by atoms with Crippen LogP contribution in [0.5, 0.6) is 5.75 Å². The van der Waals surface area contributed by atoms with Crippen molar-refractivity contribution in [3.8, 4) is 5.75 Å². The molecule has 0 fully saturated rings. The standard InChI is InChI=1S/C18H20O5S/c1-12(2)14-6-5-7-16(11-14)23-24(20,21)17-9-8-15(10-13(17)3)18(19)22-4/h5-12H,1-4H3. The van der Waals surface area contributed by atoms with Crippen molar-refractivity contribution in [3.63, 3.8) is 0 Å². The van der Waals surface area contributed by atoms with Gasteiger partial charge in [-0.15, -0.1) is 0 Å². The smallest absolute Gasteiger partial charge is 0.339 e. The zero-order valence-corrected chi connectivity index (χ0v) is 14.9. The number of hydrogen-bond donors (Lipinski definition) is 0. The third-order valence-corrected chi connectivity index (χ3v) is 5.00. The van der Waals surface area contributed by atoms with Gasteiger partial charge in [0.15, 0.2) is 0 Å². The van der Waals surface area contributed by atoms with Gasteiger partial charge < -0.3 is 8.92 Å². The van der Waals surface area contributed by atoms with Crippen LogP contribution < -0.4 is 4.18 Å². The van der Waals surface area contributed by atoms with E-state index >= 15 is 0 Å².